The summed E-state index contributed by atoms with van der Waals surface area (Å²) in [4.78, 5) is 0. The molecule has 0 radical (unpaired) electrons. The fraction of sp³-hybridized carbons (Fsp3) is 0.909. The lowest BCUT2D eigenvalue weighted by Gasteiger charge is -2.13. The third kappa shape index (κ3) is 19.8. The van der Waals surface area contributed by atoms with E-state index in [2.05, 4.69) is 12.2 Å². The predicted molar refractivity (Wildman–Crippen MR) is 110 cm³/mol. The summed E-state index contributed by atoms with van der Waals surface area (Å²) < 4.78 is 0. The van der Waals surface area contributed by atoms with Gasteiger partial charge in [-0.2, -0.15) is 0 Å². The molecule has 0 unspecified atom stereocenters. The molecule has 0 aliphatic heterocycles. The van der Waals surface area contributed by atoms with Gasteiger partial charge in [0.25, 0.3) is 0 Å². The molecule has 0 aliphatic carbocycles. The summed E-state index contributed by atoms with van der Waals surface area (Å²) in [5.41, 5.74) is 5.49. The van der Waals surface area contributed by atoms with Crippen molar-refractivity contribution in [2.24, 2.45) is 11.7 Å². The molecule has 4 N–H and O–H groups in total. The second-order valence-electron chi connectivity index (χ2n) is 7.41. The lowest BCUT2D eigenvalue weighted by atomic mass is 9.95. The van der Waals surface area contributed by atoms with Crippen LogP contribution in [0.2, 0.25) is 0 Å². The van der Waals surface area contributed by atoms with Crippen LogP contribution in [0, 0.1) is 5.92 Å². The van der Waals surface area contributed by atoms with Gasteiger partial charge in [-0.3, -0.25) is 0 Å². The minimum absolute atomic E-state index is 0.255. The van der Waals surface area contributed by atoms with Crippen molar-refractivity contribution in [3.8, 4) is 0 Å². The van der Waals surface area contributed by atoms with Crippen LogP contribution in [0.5, 0.6) is 0 Å². The molecule has 0 bridgehead atoms. The second kappa shape index (κ2) is 21.7. The van der Waals surface area contributed by atoms with Gasteiger partial charge in [0.05, 0.1) is 0 Å². The van der Waals surface area contributed by atoms with Gasteiger partial charge in [-0.1, -0.05) is 69.9 Å². The lowest BCUT2D eigenvalue weighted by molar-refractivity contribution is 0.207. The molecular weight excluding hydrogens is 310 g/mol. The van der Waals surface area contributed by atoms with Gasteiger partial charge in [-0.15, -0.1) is 0 Å². The average molecular weight is 356 g/mol. The highest BCUT2D eigenvalue weighted by atomic mass is 16.3. The largest absolute Gasteiger partial charge is 0.396 e. The fourth-order valence-electron chi connectivity index (χ4n) is 3.37. The SMILES string of the molecule is NCCCCCCCC/C=C\CCCCCCCC(CCO)CCO. The van der Waals surface area contributed by atoms with Crippen molar-refractivity contribution in [1.82, 2.24) is 0 Å². The zero-order valence-corrected chi connectivity index (χ0v) is 16.6. The van der Waals surface area contributed by atoms with E-state index in [0.717, 1.165) is 25.8 Å². The van der Waals surface area contributed by atoms with E-state index in [4.69, 9.17) is 15.9 Å². The molecule has 0 aromatic carbocycles. The first-order valence-corrected chi connectivity index (χ1v) is 10.9. The van der Waals surface area contributed by atoms with E-state index in [1.54, 1.807) is 0 Å². The van der Waals surface area contributed by atoms with E-state index in [1.807, 2.05) is 0 Å². The monoisotopic (exact) mass is 355 g/mol. The maximum Gasteiger partial charge on any atom is 0.0433 e. The van der Waals surface area contributed by atoms with Gasteiger partial charge in [0.1, 0.15) is 0 Å². The summed E-state index contributed by atoms with van der Waals surface area (Å²) in [6, 6.07) is 0. The van der Waals surface area contributed by atoms with Crippen LogP contribution in [0.1, 0.15) is 103 Å². The number of aliphatic hydroxyl groups is 2. The summed E-state index contributed by atoms with van der Waals surface area (Å²) >= 11 is 0. The highest BCUT2D eigenvalue weighted by Gasteiger charge is 2.06. The van der Waals surface area contributed by atoms with Gasteiger partial charge in [-0.05, 0) is 57.4 Å². The molecule has 25 heavy (non-hydrogen) atoms. The van der Waals surface area contributed by atoms with E-state index in [-0.39, 0.29) is 13.2 Å². The van der Waals surface area contributed by atoms with Crippen LogP contribution in [0.3, 0.4) is 0 Å². The normalized spacial score (nSPS) is 11.8. The van der Waals surface area contributed by atoms with Gasteiger partial charge in [0, 0.05) is 13.2 Å². The first kappa shape index (κ1) is 24.6. The van der Waals surface area contributed by atoms with Gasteiger partial charge in [-0.25, -0.2) is 0 Å². The Labute approximate surface area is 157 Å². The molecule has 0 saturated heterocycles. The van der Waals surface area contributed by atoms with Gasteiger partial charge >= 0.3 is 0 Å². The van der Waals surface area contributed by atoms with Crippen molar-refractivity contribution in [2.45, 2.75) is 103 Å². The van der Waals surface area contributed by atoms with E-state index in [9.17, 15) is 0 Å². The molecule has 0 atom stereocenters. The standard InChI is InChI=1S/C22H45NO2/c23-19-15-13-11-9-7-5-3-1-2-4-6-8-10-12-14-16-22(17-20-24)18-21-25/h1-2,22,24-25H,3-21,23H2/b2-1-. The first-order chi connectivity index (χ1) is 12.3. The van der Waals surface area contributed by atoms with Gasteiger partial charge in [0.2, 0.25) is 0 Å². The zero-order valence-electron chi connectivity index (χ0n) is 16.6. The Morgan fingerprint density at radius 2 is 1.00 bits per heavy atom. The van der Waals surface area contributed by atoms with Crippen molar-refractivity contribution in [3.63, 3.8) is 0 Å². The highest BCUT2D eigenvalue weighted by Crippen LogP contribution is 2.18. The highest BCUT2D eigenvalue weighted by molar-refractivity contribution is 4.81. The molecule has 0 fully saturated rings. The summed E-state index contributed by atoms with van der Waals surface area (Å²) in [6.07, 6.45) is 24.5. The summed E-state index contributed by atoms with van der Waals surface area (Å²) in [5, 5.41) is 18.0. The number of hydrogen-bond donors (Lipinski definition) is 3. The maximum atomic E-state index is 9.01. The number of aliphatic hydroxyl groups excluding tert-OH is 2. The molecule has 3 heteroatoms. The Hall–Kier alpha value is -0.380. The number of nitrogens with two attached hydrogens (primary N) is 1. The van der Waals surface area contributed by atoms with Crippen molar-refractivity contribution in [2.75, 3.05) is 19.8 Å². The lowest BCUT2D eigenvalue weighted by Crippen LogP contribution is -2.05. The van der Waals surface area contributed by atoms with Crippen LogP contribution >= 0.6 is 0 Å². The maximum absolute atomic E-state index is 9.01. The van der Waals surface area contributed by atoms with Crippen LogP contribution in [0.25, 0.3) is 0 Å². The average Bonchev–Trinajstić information content (AvgIpc) is 2.61. The van der Waals surface area contributed by atoms with Gasteiger partial charge < -0.3 is 15.9 Å². The Bertz CT molecular complexity index is 263. The fourth-order valence-corrected chi connectivity index (χ4v) is 3.37. The molecule has 150 valence electrons. The summed E-state index contributed by atoms with van der Waals surface area (Å²) in [5.74, 6) is 0.513. The van der Waals surface area contributed by atoms with Crippen LogP contribution in [0.15, 0.2) is 12.2 Å². The zero-order chi connectivity index (χ0) is 18.4. The topological polar surface area (TPSA) is 66.5 Å². The number of rotatable bonds is 20. The number of unbranched alkanes of at least 4 members (excludes halogenated alkanes) is 11. The molecule has 0 aromatic heterocycles. The van der Waals surface area contributed by atoms with Crippen molar-refractivity contribution in [3.05, 3.63) is 12.2 Å². The minimum Gasteiger partial charge on any atom is -0.396 e. The van der Waals surface area contributed by atoms with Crippen molar-refractivity contribution < 1.29 is 10.2 Å². The summed E-state index contributed by atoms with van der Waals surface area (Å²) in [6.45, 7) is 1.35. The Morgan fingerprint density at radius 1 is 0.560 bits per heavy atom. The minimum atomic E-state index is 0.255. The van der Waals surface area contributed by atoms with Crippen LogP contribution < -0.4 is 5.73 Å². The smallest absolute Gasteiger partial charge is 0.0433 e. The van der Waals surface area contributed by atoms with E-state index < -0.39 is 0 Å². The third-order valence-corrected chi connectivity index (χ3v) is 5.05. The molecule has 0 rings (SSSR count). The molecule has 0 spiro atoms. The molecule has 0 aromatic rings. The number of allylic oxidation sites excluding steroid dienone is 2. The second-order valence-corrected chi connectivity index (χ2v) is 7.41. The van der Waals surface area contributed by atoms with E-state index >= 15 is 0 Å². The quantitative estimate of drug-likeness (QED) is 0.204. The Balaban J connectivity index is 3.24. The van der Waals surface area contributed by atoms with Crippen molar-refractivity contribution in [1.29, 1.82) is 0 Å². The Morgan fingerprint density at radius 3 is 1.48 bits per heavy atom. The van der Waals surface area contributed by atoms with Crippen LogP contribution in [-0.2, 0) is 0 Å². The summed E-state index contributed by atoms with van der Waals surface area (Å²) in [7, 11) is 0. The molecule has 0 saturated carbocycles. The molecule has 0 aliphatic rings. The van der Waals surface area contributed by atoms with E-state index in [0.29, 0.717) is 5.92 Å². The number of hydrogen-bond acceptors (Lipinski definition) is 3. The van der Waals surface area contributed by atoms with Gasteiger partial charge in [0.15, 0.2) is 0 Å². The van der Waals surface area contributed by atoms with Crippen LogP contribution in [0.4, 0.5) is 0 Å². The first-order valence-electron chi connectivity index (χ1n) is 10.9. The molecule has 0 amide bonds. The predicted octanol–water partition coefficient (Wildman–Crippen LogP) is 5.34. The van der Waals surface area contributed by atoms with E-state index in [1.165, 1.54) is 83.5 Å². The molecule has 3 nitrogen and oxygen atoms in total. The molecular formula is C22H45NO2. The van der Waals surface area contributed by atoms with Crippen molar-refractivity contribution >= 4 is 0 Å². The Kier molecular flexibility index (Phi) is 21.3. The third-order valence-electron chi connectivity index (χ3n) is 5.05. The molecule has 0 heterocycles. The van der Waals surface area contributed by atoms with Crippen LogP contribution in [-0.4, -0.2) is 30.0 Å².